The number of ether oxygens (including phenoxy) is 1. The molecule has 0 spiro atoms. The number of Topliss-reactive ketones (excluding diaryl/α,β-unsaturated/α-hetero) is 1. The van der Waals surface area contributed by atoms with Crippen LogP contribution in [-0.2, 0) is 16.0 Å². The molecule has 1 atom stereocenters. The molecule has 0 bridgehead atoms. The zero-order chi connectivity index (χ0) is 12.5. The molecule has 5 heteroatoms. The molecule has 1 aromatic rings. The summed E-state index contributed by atoms with van der Waals surface area (Å²) >= 11 is 0. The first kappa shape index (κ1) is 11.8. The number of nitrogens with zero attached hydrogens (tertiary/aromatic N) is 2. The topological polar surface area (TPSA) is 65.2 Å². The first-order valence-corrected chi connectivity index (χ1v) is 6.74. The fourth-order valence-electron chi connectivity index (χ4n) is 2.15. The SMILES string of the molecule is CCOC(c1noc(CC(=O)C2CC2)n1)C1CC1. The summed E-state index contributed by atoms with van der Waals surface area (Å²) in [6.07, 6.45) is 4.59. The van der Waals surface area contributed by atoms with Gasteiger partial charge in [0.15, 0.2) is 0 Å². The molecule has 5 nitrogen and oxygen atoms in total. The van der Waals surface area contributed by atoms with Crippen LogP contribution >= 0.6 is 0 Å². The van der Waals surface area contributed by atoms with Crippen molar-refractivity contribution in [2.24, 2.45) is 11.8 Å². The van der Waals surface area contributed by atoms with Gasteiger partial charge in [0.2, 0.25) is 11.7 Å². The van der Waals surface area contributed by atoms with E-state index < -0.39 is 0 Å². The highest BCUT2D eigenvalue weighted by atomic mass is 16.5. The molecule has 1 unspecified atom stereocenters. The van der Waals surface area contributed by atoms with Crippen LogP contribution in [0.4, 0.5) is 0 Å². The molecule has 0 aromatic carbocycles. The molecule has 2 aliphatic carbocycles. The highest BCUT2D eigenvalue weighted by molar-refractivity contribution is 5.84. The Morgan fingerprint density at radius 2 is 2.22 bits per heavy atom. The van der Waals surface area contributed by atoms with Crippen LogP contribution in [0.15, 0.2) is 4.52 Å². The average Bonchev–Trinajstić information content (AvgIpc) is 3.24. The summed E-state index contributed by atoms with van der Waals surface area (Å²) in [5, 5.41) is 3.97. The number of hydrogen-bond acceptors (Lipinski definition) is 5. The van der Waals surface area contributed by atoms with Crippen molar-refractivity contribution in [2.45, 2.75) is 45.1 Å². The predicted molar refractivity (Wildman–Crippen MR) is 62.8 cm³/mol. The smallest absolute Gasteiger partial charge is 0.234 e. The molecule has 2 aliphatic rings. The van der Waals surface area contributed by atoms with Crippen molar-refractivity contribution in [3.8, 4) is 0 Å². The van der Waals surface area contributed by atoms with Crippen molar-refractivity contribution in [3.05, 3.63) is 11.7 Å². The molecule has 1 heterocycles. The van der Waals surface area contributed by atoms with E-state index in [1.165, 1.54) is 0 Å². The molecule has 3 rings (SSSR count). The van der Waals surface area contributed by atoms with E-state index in [-0.39, 0.29) is 24.2 Å². The van der Waals surface area contributed by atoms with Gasteiger partial charge in [0.05, 0.1) is 6.42 Å². The molecule has 2 saturated carbocycles. The van der Waals surface area contributed by atoms with E-state index in [0.29, 0.717) is 24.2 Å². The molecule has 0 saturated heterocycles. The molecule has 0 amide bonds. The van der Waals surface area contributed by atoms with Crippen LogP contribution in [0.25, 0.3) is 0 Å². The lowest BCUT2D eigenvalue weighted by atomic mass is 10.2. The van der Waals surface area contributed by atoms with E-state index in [0.717, 1.165) is 25.7 Å². The highest BCUT2D eigenvalue weighted by Crippen LogP contribution is 2.42. The minimum Gasteiger partial charge on any atom is -0.370 e. The molecular formula is C13H18N2O3. The monoisotopic (exact) mass is 250 g/mol. The molecule has 18 heavy (non-hydrogen) atoms. The predicted octanol–water partition coefficient (Wildman–Crippen LogP) is 2.08. The van der Waals surface area contributed by atoms with Crippen LogP contribution in [0.1, 0.15) is 50.4 Å². The molecule has 0 aliphatic heterocycles. The van der Waals surface area contributed by atoms with Crippen LogP contribution in [-0.4, -0.2) is 22.5 Å². The minimum atomic E-state index is -0.0523. The van der Waals surface area contributed by atoms with Gasteiger partial charge in [-0.15, -0.1) is 0 Å². The largest absolute Gasteiger partial charge is 0.370 e. The number of carbonyl (C=O) groups excluding carboxylic acids is 1. The van der Waals surface area contributed by atoms with Crippen molar-refractivity contribution in [1.82, 2.24) is 10.1 Å². The van der Waals surface area contributed by atoms with Crippen LogP contribution in [0.5, 0.6) is 0 Å². The summed E-state index contributed by atoms with van der Waals surface area (Å²) in [5.74, 6) is 2.04. The average molecular weight is 250 g/mol. The molecular weight excluding hydrogens is 232 g/mol. The lowest BCUT2D eigenvalue weighted by Crippen LogP contribution is -2.09. The quantitative estimate of drug-likeness (QED) is 0.741. The highest BCUT2D eigenvalue weighted by Gasteiger charge is 2.36. The fraction of sp³-hybridized carbons (Fsp3) is 0.769. The van der Waals surface area contributed by atoms with Crippen LogP contribution in [0.3, 0.4) is 0 Å². The molecule has 0 radical (unpaired) electrons. The van der Waals surface area contributed by atoms with E-state index in [1.807, 2.05) is 6.92 Å². The summed E-state index contributed by atoms with van der Waals surface area (Å²) in [7, 11) is 0. The third-order valence-electron chi connectivity index (χ3n) is 3.49. The number of rotatable bonds is 7. The number of aromatic nitrogens is 2. The Labute approximate surface area is 106 Å². The Balaban J connectivity index is 1.65. The van der Waals surface area contributed by atoms with Gasteiger partial charge in [-0.25, -0.2) is 0 Å². The Morgan fingerprint density at radius 1 is 1.44 bits per heavy atom. The molecule has 2 fully saturated rings. The maximum atomic E-state index is 11.7. The van der Waals surface area contributed by atoms with E-state index >= 15 is 0 Å². The van der Waals surface area contributed by atoms with Crippen LogP contribution in [0, 0.1) is 11.8 Å². The maximum Gasteiger partial charge on any atom is 0.234 e. The lowest BCUT2D eigenvalue weighted by Gasteiger charge is -2.10. The van der Waals surface area contributed by atoms with Crippen molar-refractivity contribution in [2.75, 3.05) is 6.61 Å². The molecule has 1 aromatic heterocycles. The van der Waals surface area contributed by atoms with Gasteiger partial charge in [-0.2, -0.15) is 4.98 Å². The minimum absolute atomic E-state index is 0.0523. The van der Waals surface area contributed by atoms with Gasteiger partial charge in [0.25, 0.3) is 0 Å². The fourth-order valence-corrected chi connectivity index (χ4v) is 2.15. The van der Waals surface area contributed by atoms with Gasteiger partial charge in [-0.1, -0.05) is 5.16 Å². The number of ketones is 1. The van der Waals surface area contributed by atoms with E-state index in [2.05, 4.69) is 10.1 Å². The van der Waals surface area contributed by atoms with E-state index in [9.17, 15) is 4.79 Å². The molecule has 98 valence electrons. The van der Waals surface area contributed by atoms with Gasteiger partial charge in [-0.3, -0.25) is 4.79 Å². The first-order valence-electron chi connectivity index (χ1n) is 6.74. The Bertz CT molecular complexity index is 435. The summed E-state index contributed by atoms with van der Waals surface area (Å²) < 4.78 is 10.8. The summed E-state index contributed by atoms with van der Waals surface area (Å²) in [5.41, 5.74) is 0. The van der Waals surface area contributed by atoms with Crippen molar-refractivity contribution in [1.29, 1.82) is 0 Å². The summed E-state index contributed by atoms with van der Waals surface area (Å²) in [6, 6.07) is 0. The second-order valence-electron chi connectivity index (χ2n) is 5.18. The van der Waals surface area contributed by atoms with Crippen LogP contribution in [0.2, 0.25) is 0 Å². The summed E-state index contributed by atoms with van der Waals surface area (Å²) in [4.78, 5) is 16.0. The van der Waals surface area contributed by atoms with E-state index in [4.69, 9.17) is 9.26 Å². The van der Waals surface area contributed by atoms with Gasteiger partial charge in [0.1, 0.15) is 11.9 Å². The second-order valence-corrected chi connectivity index (χ2v) is 5.18. The van der Waals surface area contributed by atoms with Gasteiger partial charge >= 0.3 is 0 Å². The van der Waals surface area contributed by atoms with Gasteiger partial charge < -0.3 is 9.26 Å². The summed E-state index contributed by atoms with van der Waals surface area (Å²) in [6.45, 7) is 2.61. The van der Waals surface area contributed by atoms with Gasteiger partial charge in [-0.05, 0) is 38.5 Å². The second kappa shape index (κ2) is 4.80. The third kappa shape index (κ3) is 2.61. The standard InChI is InChI=1S/C13H18N2O3/c1-2-17-12(9-5-6-9)13-14-11(18-15-13)7-10(16)8-3-4-8/h8-9,12H,2-7H2,1H3. The molecule has 0 N–H and O–H groups in total. The first-order chi connectivity index (χ1) is 8.78. The lowest BCUT2D eigenvalue weighted by molar-refractivity contribution is -0.119. The van der Waals surface area contributed by atoms with Crippen molar-refractivity contribution in [3.63, 3.8) is 0 Å². The van der Waals surface area contributed by atoms with Crippen molar-refractivity contribution < 1.29 is 14.1 Å². The van der Waals surface area contributed by atoms with E-state index in [1.54, 1.807) is 0 Å². The third-order valence-corrected chi connectivity index (χ3v) is 3.49. The normalized spacial score (nSPS) is 20.9. The Kier molecular flexibility index (Phi) is 3.16. The maximum absolute atomic E-state index is 11.7. The zero-order valence-corrected chi connectivity index (χ0v) is 10.6. The number of carbonyl (C=O) groups is 1. The Morgan fingerprint density at radius 3 is 2.83 bits per heavy atom. The zero-order valence-electron chi connectivity index (χ0n) is 10.6. The Hall–Kier alpha value is -1.23. The van der Waals surface area contributed by atoms with Crippen molar-refractivity contribution >= 4 is 5.78 Å². The van der Waals surface area contributed by atoms with Crippen LogP contribution < -0.4 is 0 Å². The number of hydrogen-bond donors (Lipinski definition) is 0. The van der Waals surface area contributed by atoms with Gasteiger partial charge in [0, 0.05) is 12.5 Å².